The van der Waals surface area contributed by atoms with Gasteiger partial charge in [0.25, 0.3) is 0 Å². The summed E-state index contributed by atoms with van der Waals surface area (Å²) >= 11 is 1.26. The normalized spacial score (nSPS) is 10.1. The van der Waals surface area contributed by atoms with Crippen molar-refractivity contribution in [2.24, 2.45) is 0 Å². The predicted octanol–water partition coefficient (Wildman–Crippen LogP) is 1.41. The second kappa shape index (κ2) is 3.59. The maximum Gasteiger partial charge on any atom is 0.412 e. The van der Waals surface area contributed by atoms with Gasteiger partial charge in [0.1, 0.15) is 11.3 Å². The van der Waals surface area contributed by atoms with Crippen molar-refractivity contribution in [1.29, 1.82) is 0 Å². The highest BCUT2D eigenvalue weighted by atomic mass is 32.1. The van der Waals surface area contributed by atoms with Crippen LogP contribution in [-0.2, 0) is 0 Å². The van der Waals surface area contributed by atoms with E-state index in [0.717, 1.165) is 10.2 Å². The lowest BCUT2D eigenvalue weighted by atomic mass is 10.3. The molecule has 0 aliphatic rings. The van der Waals surface area contributed by atoms with Crippen molar-refractivity contribution in [2.45, 2.75) is 0 Å². The first-order valence-corrected chi connectivity index (χ1v) is 4.68. The third-order valence-corrected chi connectivity index (χ3v) is 2.32. The van der Waals surface area contributed by atoms with Crippen LogP contribution < -0.4 is 10.1 Å². The number of carbonyl (C=O) groups is 1. The molecule has 2 rings (SSSR count). The van der Waals surface area contributed by atoms with Crippen LogP contribution in [0.15, 0.2) is 18.2 Å². The molecule has 72 valence electrons. The molecule has 1 heterocycles. The van der Waals surface area contributed by atoms with Crippen LogP contribution in [0, 0.1) is 0 Å². The first kappa shape index (κ1) is 8.89. The summed E-state index contributed by atoms with van der Waals surface area (Å²) in [5, 5.41) is 6.24. The van der Waals surface area contributed by atoms with E-state index in [1.54, 1.807) is 18.2 Å². The number of nitrogens with one attached hydrogen (secondary N) is 1. The molecule has 0 saturated carbocycles. The van der Waals surface area contributed by atoms with E-state index in [4.69, 9.17) is 4.74 Å². The minimum Gasteiger partial charge on any atom is -0.410 e. The number of fused-ring (bicyclic) bond motifs is 1. The van der Waals surface area contributed by atoms with Crippen LogP contribution in [0.3, 0.4) is 0 Å². The van der Waals surface area contributed by atoms with E-state index in [2.05, 4.69) is 14.9 Å². The van der Waals surface area contributed by atoms with Gasteiger partial charge in [-0.1, -0.05) is 4.49 Å². The number of aromatic nitrogens is 2. The number of ether oxygens (including phenoxy) is 1. The summed E-state index contributed by atoms with van der Waals surface area (Å²) in [5.41, 5.74) is 0.805. The molecule has 0 aliphatic heterocycles. The predicted molar refractivity (Wildman–Crippen MR) is 52.5 cm³/mol. The molecule has 6 heteroatoms. The molecule has 1 amide bonds. The SMILES string of the molecule is CNC(=O)Oc1ccc2nnsc2c1. The van der Waals surface area contributed by atoms with Crippen LogP contribution in [0.1, 0.15) is 0 Å². The number of carbonyl (C=O) groups excluding carboxylic acids is 1. The van der Waals surface area contributed by atoms with Crippen molar-refractivity contribution in [1.82, 2.24) is 14.9 Å². The lowest BCUT2D eigenvalue weighted by Gasteiger charge is -2.01. The molecule has 1 aromatic heterocycles. The number of hydrogen-bond acceptors (Lipinski definition) is 5. The Morgan fingerprint density at radius 3 is 3.21 bits per heavy atom. The Morgan fingerprint density at radius 2 is 2.43 bits per heavy atom. The molecule has 2 aromatic rings. The Balaban J connectivity index is 2.30. The standard InChI is InChI=1S/C8H7N3O2S/c1-9-8(12)13-5-2-3-6-7(4-5)14-11-10-6/h2-4H,1H3,(H,9,12). The Bertz CT molecular complexity index is 468. The maximum absolute atomic E-state index is 10.9. The third kappa shape index (κ3) is 1.64. The van der Waals surface area contributed by atoms with Gasteiger partial charge in [-0.05, 0) is 23.7 Å². The fraction of sp³-hybridized carbons (Fsp3) is 0.125. The molecule has 0 atom stereocenters. The average Bonchev–Trinajstić information content (AvgIpc) is 2.64. The van der Waals surface area contributed by atoms with Gasteiger partial charge in [-0.15, -0.1) is 5.10 Å². The molecule has 1 aromatic carbocycles. The van der Waals surface area contributed by atoms with Crippen LogP contribution in [0.25, 0.3) is 10.2 Å². The molecule has 0 saturated heterocycles. The summed E-state index contributed by atoms with van der Waals surface area (Å²) in [6, 6.07) is 5.17. The fourth-order valence-electron chi connectivity index (χ4n) is 0.980. The molecule has 5 nitrogen and oxygen atoms in total. The van der Waals surface area contributed by atoms with Gasteiger partial charge in [0, 0.05) is 13.1 Å². The molecule has 14 heavy (non-hydrogen) atoms. The molecule has 0 bridgehead atoms. The Kier molecular flexibility index (Phi) is 2.28. The topological polar surface area (TPSA) is 64.1 Å². The number of nitrogens with zero attached hydrogens (tertiary/aromatic N) is 2. The number of amides is 1. The van der Waals surface area contributed by atoms with Gasteiger partial charge in [-0.25, -0.2) is 4.79 Å². The summed E-state index contributed by atoms with van der Waals surface area (Å²) in [6.45, 7) is 0. The molecule has 0 unspecified atom stereocenters. The summed E-state index contributed by atoms with van der Waals surface area (Å²) in [6.07, 6.45) is -0.484. The molecule has 0 aliphatic carbocycles. The Labute approximate surface area is 83.9 Å². The average molecular weight is 209 g/mol. The zero-order valence-corrected chi connectivity index (χ0v) is 8.17. The van der Waals surface area contributed by atoms with E-state index in [1.165, 1.54) is 18.6 Å². The number of rotatable bonds is 1. The van der Waals surface area contributed by atoms with Crippen LogP contribution in [-0.4, -0.2) is 22.7 Å². The van der Waals surface area contributed by atoms with Crippen LogP contribution in [0.4, 0.5) is 4.79 Å². The van der Waals surface area contributed by atoms with E-state index in [9.17, 15) is 4.79 Å². The third-order valence-electron chi connectivity index (χ3n) is 1.63. The van der Waals surface area contributed by atoms with E-state index >= 15 is 0 Å². The van der Waals surface area contributed by atoms with Crippen LogP contribution >= 0.6 is 11.5 Å². The highest BCUT2D eigenvalue weighted by Gasteiger charge is 2.04. The number of benzene rings is 1. The van der Waals surface area contributed by atoms with E-state index in [-0.39, 0.29) is 0 Å². The lowest BCUT2D eigenvalue weighted by Crippen LogP contribution is -2.21. The van der Waals surface area contributed by atoms with Gasteiger partial charge in [-0.3, -0.25) is 0 Å². The monoisotopic (exact) mass is 209 g/mol. The van der Waals surface area contributed by atoms with E-state index < -0.39 is 6.09 Å². The van der Waals surface area contributed by atoms with Crippen molar-refractivity contribution < 1.29 is 9.53 Å². The first-order valence-electron chi connectivity index (χ1n) is 3.91. The van der Waals surface area contributed by atoms with Crippen molar-refractivity contribution in [2.75, 3.05) is 7.05 Å². The molecule has 1 N–H and O–H groups in total. The molecule has 0 spiro atoms. The minimum absolute atomic E-state index is 0.484. The van der Waals surface area contributed by atoms with Gasteiger partial charge >= 0.3 is 6.09 Å². The molecule has 0 radical (unpaired) electrons. The minimum atomic E-state index is -0.484. The summed E-state index contributed by atoms with van der Waals surface area (Å²) < 4.78 is 9.61. The van der Waals surface area contributed by atoms with Gasteiger partial charge in [0.2, 0.25) is 0 Å². The quantitative estimate of drug-likeness (QED) is 0.771. The molecular formula is C8H7N3O2S. The van der Waals surface area contributed by atoms with Crippen molar-refractivity contribution in [3.8, 4) is 5.75 Å². The zero-order valence-electron chi connectivity index (χ0n) is 7.35. The second-order valence-electron chi connectivity index (χ2n) is 2.54. The largest absolute Gasteiger partial charge is 0.412 e. The Hall–Kier alpha value is -1.69. The smallest absolute Gasteiger partial charge is 0.410 e. The summed E-state index contributed by atoms with van der Waals surface area (Å²) in [4.78, 5) is 10.9. The second-order valence-corrected chi connectivity index (χ2v) is 3.33. The van der Waals surface area contributed by atoms with E-state index in [1.807, 2.05) is 0 Å². The van der Waals surface area contributed by atoms with Gasteiger partial charge in [-0.2, -0.15) is 0 Å². The van der Waals surface area contributed by atoms with Gasteiger partial charge < -0.3 is 10.1 Å². The fourth-order valence-corrected chi connectivity index (χ4v) is 1.57. The highest BCUT2D eigenvalue weighted by Crippen LogP contribution is 2.21. The van der Waals surface area contributed by atoms with E-state index in [0.29, 0.717) is 5.75 Å². The molecule has 0 fully saturated rings. The van der Waals surface area contributed by atoms with Crippen molar-refractivity contribution in [3.63, 3.8) is 0 Å². The highest BCUT2D eigenvalue weighted by molar-refractivity contribution is 7.12. The zero-order chi connectivity index (χ0) is 9.97. The van der Waals surface area contributed by atoms with Gasteiger partial charge in [0.15, 0.2) is 0 Å². The van der Waals surface area contributed by atoms with Crippen LogP contribution in [0.5, 0.6) is 5.75 Å². The summed E-state index contributed by atoms with van der Waals surface area (Å²) in [5.74, 6) is 0.489. The summed E-state index contributed by atoms with van der Waals surface area (Å²) in [7, 11) is 1.51. The van der Waals surface area contributed by atoms with Crippen molar-refractivity contribution in [3.05, 3.63) is 18.2 Å². The number of hydrogen-bond donors (Lipinski definition) is 1. The first-order chi connectivity index (χ1) is 6.79. The van der Waals surface area contributed by atoms with Crippen LogP contribution in [0.2, 0.25) is 0 Å². The maximum atomic E-state index is 10.9. The Morgan fingerprint density at radius 1 is 1.57 bits per heavy atom. The molecular weight excluding hydrogens is 202 g/mol. The lowest BCUT2D eigenvalue weighted by molar-refractivity contribution is 0.203. The van der Waals surface area contributed by atoms with Crippen molar-refractivity contribution >= 4 is 27.8 Å². The van der Waals surface area contributed by atoms with Gasteiger partial charge in [0.05, 0.1) is 4.70 Å².